The Kier molecular flexibility index (Phi) is 4.36. The summed E-state index contributed by atoms with van der Waals surface area (Å²) < 4.78 is 25.5. The van der Waals surface area contributed by atoms with Crippen LogP contribution < -0.4 is 0 Å². The third-order valence-electron chi connectivity index (χ3n) is 1.63. The van der Waals surface area contributed by atoms with E-state index in [1.807, 2.05) is 0 Å². The van der Waals surface area contributed by atoms with Crippen molar-refractivity contribution < 1.29 is 13.6 Å². The Labute approximate surface area is 101 Å². The van der Waals surface area contributed by atoms with E-state index in [2.05, 4.69) is 20.9 Å². The first kappa shape index (κ1) is 12.0. The number of carbonyl (C=O) groups is 1. The van der Waals surface area contributed by atoms with E-state index >= 15 is 0 Å². The molecule has 0 spiro atoms. The van der Waals surface area contributed by atoms with Crippen LogP contribution in [-0.4, -0.2) is 11.3 Å². The minimum Gasteiger partial charge on any atom is -0.298 e. The smallest absolute Gasteiger partial charge is 0.265 e. The molecule has 0 amide bonds. The minimum absolute atomic E-state index is 0.0471. The molecular formula is C8H5BrF2INO. The van der Waals surface area contributed by atoms with E-state index in [4.69, 9.17) is 0 Å². The molecule has 0 unspecified atom stereocenters. The molecule has 14 heavy (non-hydrogen) atoms. The van der Waals surface area contributed by atoms with Crippen molar-refractivity contribution in [3.8, 4) is 0 Å². The summed E-state index contributed by atoms with van der Waals surface area (Å²) in [6.07, 6.45) is -1.08. The summed E-state index contributed by atoms with van der Waals surface area (Å²) in [6.45, 7) is 0. The van der Waals surface area contributed by atoms with Crippen molar-refractivity contribution in [1.82, 2.24) is 4.98 Å². The lowest BCUT2D eigenvalue weighted by Gasteiger charge is -2.08. The van der Waals surface area contributed by atoms with Crippen LogP contribution >= 0.6 is 38.5 Å². The summed E-state index contributed by atoms with van der Waals surface area (Å²) >= 11 is 4.91. The third-order valence-corrected chi connectivity index (χ3v) is 3.37. The lowest BCUT2D eigenvalue weighted by molar-refractivity contribution is 0.110. The number of pyridine rings is 1. The summed E-state index contributed by atoms with van der Waals surface area (Å²) in [5.41, 5.74) is 0.241. The van der Waals surface area contributed by atoms with Gasteiger partial charge in [0.05, 0.1) is 5.69 Å². The van der Waals surface area contributed by atoms with Crippen molar-refractivity contribution in [1.29, 1.82) is 0 Å². The molecule has 0 saturated heterocycles. The molecule has 6 heteroatoms. The fourth-order valence-corrected chi connectivity index (χ4v) is 2.79. The van der Waals surface area contributed by atoms with Gasteiger partial charge in [-0.15, -0.1) is 0 Å². The highest BCUT2D eigenvalue weighted by atomic mass is 127. The molecule has 0 N–H and O–H groups in total. The summed E-state index contributed by atoms with van der Waals surface area (Å²) in [5.74, 6) is 0. The zero-order valence-electron chi connectivity index (χ0n) is 6.81. The van der Waals surface area contributed by atoms with Crippen LogP contribution in [0.3, 0.4) is 0 Å². The molecular weight excluding hydrogens is 371 g/mol. The van der Waals surface area contributed by atoms with Gasteiger partial charge < -0.3 is 0 Å². The Morgan fingerprint density at radius 2 is 2.29 bits per heavy atom. The van der Waals surface area contributed by atoms with Gasteiger partial charge in [0.1, 0.15) is 0 Å². The van der Waals surface area contributed by atoms with Gasteiger partial charge in [0.2, 0.25) is 0 Å². The molecule has 0 aliphatic heterocycles. The number of carbonyl (C=O) groups excluding carboxylic acids is 1. The van der Waals surface area contributed by atoms with Gasteiger partial charge in [0, 0.05) is 26.2 Å². The lowest BCUT2D eigenvalue weighted by Crippen LogP contribution is -2.03. The van der Waals surface area contributed by atoms with Gasteiger partial charge in [-0.25, -0.2) is 8.78 Å². The summed E-state index contributed by atoms with van der Waals surface area (Å²) in [4.78, 5) is 14.4. The first-order valence-electron chi connectivity index (χ1n) is 3.58. The Bertz CT molecular complexity index is 359. The highest BCUT2D eigenvalue weighted by molar-refractivity contribution is 14.1. The van der Waals surface area contributed by atoms with Crippen LogP contribution in [0.5, 0.6) is 0 Å². The molecule has 0 radical (unpaired) electrons. The largest absolute Gasteiger partial charge is 0.298 e. The number of aromatic nitrogens is 1. The standard InChI is InChI=1S/C8H5BrF2INO/c9-1-5-7(12)6(8(10)11)4(3-14)2-13-5/h2-3,8H,1H2. The molecule has 1 aromatic heterocycles. The van der Waals surface area contributed by atoms with Crippen molar-refractivity contribution in [3.05, 3.63) is 26.6 Å². The van der Waals surface area contributed by atoms with E-state index in [9.17, 15) is 13.6 Å². The van der Waals surface area contributed by atoms with Crippen molar-refractivity contribution in [2.45, 2.75) is 11.8 Å². The van der Waals surface area contributed by atoms with Crippen LogP contribution in [0.25, 0.3) is 0 Å². The molecule has 0 atom stereocenters. The van der Waals surface area contributed by atoms with Gasteiger partial charge in [-0.3, -0.25) is 9.78 Å². The predicted molar refractivity (Wildman–Crippen MR) is 59.9 cm³/mol. The van der Waals surface area contributed by atoms with Crippen LogP contribution in [0.15, 0.2) is 6.20 Å². The lowest BCUT2D eigenvalue weighted by atomic mass is 10.1. The van der Waals surface area contributed by atoms with Crippen LogP contribution in [0.4, 0.5) is 8.78 Å². The number of aldehydes is 1. The first-order chi connectivity index (χ1) is 6.61. The van der Waals surface area contributed by atoms with Crippen LogP contribution in [0.2, 0.25) is 0 Å². The number of nitrogens with zero attached hydrogens (tertiary/aromatic N) is 1. The zero-order chi connectivity index (χ0) is 10.7. The third kappa shape index (κ3) is 2.28. The molecule has 0 saturated carbocycles. The second-order valence-corrected chi connectivity index (χ2v) is 4.08. The molecule has 0 aromatic carbocycles. The number of hydrogen-bond acceptors (Lipinski definition) is 2. The number of halogens is 4. The van der Waals surface area contributed by atoms with E-state index in [0.29, 0.717) is 20.9 Å². The fraction of sp³-hybridized carbons (Fsp3) is 0.250. The zero-order valence-corrected chi connectivity index (χ0v) is 10.5. The van der Waals surface area contributed by atoms with Gasteiger partial charge in [0.25, 0.3) is 6.43 Å². The van der Waals surface area contributed by atoms with Gasteiger partial charge in [-0.2, -0.15) is 0 Å². The van der Waals surface area contributed by atoms with E-state index in [-0.39, 0.29) is 11.1 Å². The molecule has 0 aliphatic rings. The number of rotatable bonds is 3. The van der Waals surface area contributed by atoms with E-state index in [1.165, 1.54) is 6.20 Å². The number of hydrogen-bond donors (Lipinski definition) is 0. The van der Waals surface area contributed by atoms with Crippen LogP contribution in [0.1, 0.15) is 28.0 Å². The molecule has 76 valence electrons. The molecule has 0 fully saturated rings. The molecule has 1 heterocycles. The first-order valence-corrected chi connectivity index (χ1v) is 5.78. The predicted octanol–water partition coefficient (Wildman–Crippen LogP) is 3.33. The highest BCUT2D eigenvalue weighted by Crippen LogP contribution is 2.29. The molecule has 0 aliphatic carbocycles. The van der Waals surface area contributed by atoms with Crippen LogP contribution in [-0.2, 0) is 5.33 Å². The topological polar surface area (TPSA) is 30.0 Å². The fourth-order valence-electron chi connectivity index (χ4n) is 0.965. The Morgan fingerprint density at radius 1 is 1.64 bits per heavy atom. The van der Waals surface area contributed by atoms with Crippen molar-refractivity contribution in [2.24, 2.45) is 0 Å². The van der Waals surface area contributed by atoms with Crippen molar-refractivity contribution in [3.63, 3.8) is 0 Å². The maximum absolute atomic E-state index is 12.6. The van der Waals surface area contributed by atoms with Gasteiger partial charge in [-0.1, -0.05) is 15.9 Å². The molecule has 1 aromatic rings. The Hall–Kier alpha value is -0.110. The average Bonchev–Trinajstić information content (AvgIpc) is 2.16. The molecule has 1 rings (SSSR count). The Balaban J connectivity index is 3.38. The quantitative estimate of drug-likeness (QED) is 0.461. The van der Waals surface area contributed by atoms with E-state index in [1.54, 1.807) is 22.6 Å². The second-order valence-electron chi connectivity index (χ2n) is 2.44. The van der Waals surface area contributed by atoms with E-state index < -0.39 is 6.43 Å². The maximum Gasteiger partial charge on any atom is 0.265 e. The van der Waals surface area contributed by atoms with Crippen molar-refractivity contribution in [2.75, 3.05) is 0 Å². The highest BCUT2D eigenvalue weighted by Gasteiger charge is 2.19. The normalized spacial score (nSPS) is 10.6. The molecule has 0 bridgehead atoms. The van der Waals surface area contributed by atoms with E-state index in [0.717, 1.165) is 0 Å². The SMILES string of the molecule is O=Cc1cnc(CBr)c(I)c1C(F)F. The van der Waals surface area contributed by atoms with Gasteiger partial charge in [-0.05, 0) is 22.6 Å². The summed E-state index contributed by atoms with van der Waals surface area (Å²) in [5, 5.41) is 0.393. The maximum atomic E-state index is 12.6. The summed E-state index contributed by atoms with van der Waals surface area (Å²) in [6, 6.07) is 0. The summed E-state index contributed by atoms with van der Waals surface area (Å²) in [7, 11) is 0. The van der Waals surface area contributed by atoms with Crippen molar-refractivity contribution >= 4 is 44.8 Å². The molecule has 2 nitrogen and oxygen atoms in total. The minimum atomic E-state index is -2.65. The van der Waals surface area contributed by atoms with Gasteiger partial charge in [0.15, 0.2) is 6.29 Å². The number of alkyl halides is 3. The monoisotopic (exact) mass is 375 g/mol. The van der Waals surface area contributed by atoms with Gasteiger partial charge >= 0.3 is 0 Å². The average molecular weight is 376 g/mol. The Morgan fingerprint density at radius 3 is 2.71 bits per heavy atom. The second kappa shape index (κ2) is 5.11. The van der Waals surface area contributed by atoms with Crippen LogP contribution in [0, 0.1) is 3.57 Å².